The van der Waals surface area contributed by atoms with Gasteiger partial charge in [-0.15, -0.1) is 0 Å². The normalized spacial score (nSPS) is 21.3. The Morgan fingerprint density at radius 3 is 2.73 bits per heavy atom. The molecule has 2 aromatic rings. The Balaban J connectivity index is 1.47. The summed E-state index contributed by atoms with van der Waals surface area (Å²) in [4.78, 5) is 32.0. The van der Waals surface area contributed by atoms with E-state index in [0.29, 0.717) is 5.88 Å². The van der Waals surface area contributed by atoms with Gasteiger partial charge in [0.25, 0.3) is 5.91 Å². The van der Waals surface area contributed by atoms with Crippen LogP contribution in [0.25, 0.3) is 0 Å². The third-order valence-corrected chi connectivity index (χ3v) is 3.78. The lowest BCUT2D eigenvalue weighted by atomic mass is 9.93. The van der Waals surface area contributed by atoms with Crippen molar-refractivity contribution < 1.29 is 9.53 Å². The Labute approximate surface area is 127 Å². The van der Waals surface area contributed by atoms with Crippen molar-refractivity contribution >= 4 is 5.91 Å². The molecular weight excluding hydrogens is 284 g/mol. The quantitative estimate of drug-likeness (QED) is 0.790. The summed E-state index contributed by atoms with van der Waals surface area (Å²) in [5.41, 5.74) is -0.116. The smallest absolute Gasteiger partial charge is 0.323 e. The number of carbonyl (C=O) groups is 1. The second-order valence-corrected chi connectivity index (χ2v) is 5.39. The number of imidazole rings is 1. The molecule has 0 aromatic carbocycles. The zero-order valence-electron chi connectivity index (χ0n) is 12.0. The fraction of sp³-hybridized carbons (Fsp3) is 0.400. The molecule has 2 heterocycles. The Hall–Kier alpha value is -2.57. The molecule has 2 aromatic heterocycles. The molecule has 1 saturated carbocycles. The summed E-state index contributed by atoms with van der Waals surface area (Å²) in [6.07, 6.45) is 6.65. The van der Waals surface area contributed by atoms with Gasteiger partial charge in [0.15, 0.2) is 0 Å². The van der Waals surface area contributed by atoms with Crippen LogP contribution in [0.5, 0.6) is 5.88 Å². The Bertz CT molecular complexity index is 671. The second-order valence-electron chi connectivity index (χ2n) is 5.39. The van der Waals surface area contributed by atoms with Gasteiger partial charge >= 0.3 is 5.69 Å². The van der Waals surface area contributed by atoms with E-state index in [1.807, 2.05) is 18.2 Å². The van der Waals surface area contributed by atoms with Crippen molar-refractivity contribution in [2.75, 3.05) is 0 Å². The maximum absolute atomic E-state index is 12.0. The molecule has 0 bridgehead atoms. The van der Waals surface area contributed by atoms with Gasteiger partial charge in [-0.05, 0) is 31.7 Å². The van der Waals surface area contributed by atoms with Crippen molar-refractivity contribution in [3.05, 3.63) is 46.8 Å². The van der Waals surface area contributed by atoms with Crippen molar-refractivity contribution in [2.45, 2.75) is 37.8 Å². The maximum Gasteiger partial charge on any atom is 0.323 e. The van der Waals surface area contributed by atoms with E-state index in [-0.39, 0.29) is 29.4 Å². The summed E-state index contributed by atoms with van der Waals surface area (Å²) in [5, 5.41) is 2.93. The third-order valence-electron chi connectivity index (χ3n) is 3.78. The van der Waals surface area contributed by atoms with Crippen molar-refractivity contribution in [1.82, 2.24) is 20.3 Å². The van der Waals surface area contributed by atoms with Crippen LogP contribution in [0.2, 0.25) is 0 Å². The number of hydrogen-bond donors (Lipinski definition) is 3. The minimum Gasteiger partial charge on any atom is -0.474 e. The molecule has 0 saturated heterocycles. The number of nitrogens with zero attached hydrogens (tertiary/aromatic N) is 1. The number of aromatic amines is 2. The van der Waals surface area contributed by atoms with E-state index in [2.05, 4.69) is 20.3 Å². The van der Waals surface area contributed by atoms with E-state index in [1.54, 1.807) is 6.20 Å². The molecule has 0 aliphatic heterocycles. The van der Waals surface area contributed by atoms with Crippen molar-refractivity contribution in [3.63, 3.8) is 0 Å². The Morgan fingerprint density at radius 1 is 1.27 bits per heavy atom. The highest BCUT2D eigenvalue weighted by atomic mass is 16.5. The van der Waals surface area contributed by atoms with Crippen molar-refractivity contribution in [1.29, 1.82) is 0 Å². The van der Waals surface area contributed by atoms with Gasteiger partial charge in [0.05, 0.1) is 0 Å². The third kappa shape index (κ3) is 3.55. The molecule has 7 nitrogen and oxygen atoms in total. The van der Waals surface area contributed by atoms with Crippen LogP contribution in [0.15, 0.2) is 35.4 Å². The van der Waals surface area contributed by atoms with Crippen LogP contribution in [-0.2, 0) is 0 Å². The highest BCUT2D eigenvalue weighted by molar-refractivity contribution is 5.92. The zero-order valence-corrected chi connectivity index (χ0v) is 12.0. The molecule has 1 aliphatic carbocycles. The average Bonchev–Trinajstić information content (AvgIpc) is 2.97. The lowest BCUT2D eigenvalue weighted by Gasteiger charge is -2.29. The largest absolute Gasteiger partial charge is 0.474 e. The van der Waals surface area contributed by atoms with Crippen LogP contribution in [0.4, 0.5) is 0 Å². The minimum atomic E-state index is -0.377. The molecule has 0 unspecified atom stereocenters. The molecule has 0 atom stereocenters. The predicted molar refractivity (Wildman–Crippen MR) is 79.8 cm³/mol. The van der Waals surface area contributed by atoms with Gasteiger partial charge in [-0.3, -0.25) is 4.79 Å². The molecule has 0 radical (unpaired) electrons. The molecular formula is C15H18N4O3. The zero-order chi connectivity index (χ0) is 15.4. The standard InChI is InChI=1S/C15H18N4O3/c20-14(12-9-17-15(21)19-12)18-10-4-6-11(7-5-10)22-13-3-1-2-8-16-13/h1-3,8-11H,4-7H2,(H,18,20)(H2,17,19,21). The van der Waals surface area contributed by atoms with Crippen LogP contribution >= 0.6 is 0 Å². The van der Waals surface area contributed by atoms with E-state index in [1.165, 1.54) is 6.20 Å². The molecule has 116 valence electrons. The van der Waals surface area contributed by atoms with Crippen molar-refractivity contribution in [2.24, 2.45) is 0 Å². The summed E-state index contributed by atoms with van der Waals surface area (Å²) in [6.45, 7) is 0. The first-order chi connectivity index (χ1) is 10.7. The van der Waals surface area contributed by atoms with Gasteiger partial charge in [-0.2, -0.15) is 0 Å². The van der Waals surface area contributed by atoms with Gasteiger partial charge < -0.3 is 20.0 Å². The predicted octanol–water partition coefficient (Wildman–Crippen LogP) is 1.22. The minimum absolute atomic E-state index is 0.106. The first-order valence-electron chi connectivity index (χ1n) is 7.37. The van der Waals surface area contributed by atoms with Gasteiger partial charge in [-0.25, -0.2) is 9.78 Å². The van der Waals surface area contributed by atoms with Crippen LogP contribution < -0.4 is 15.7 Å². The van der Waals surface area contributed by atoms with E-state index in [9.17, 15) is 9.59 Å². The molecule has 3 N–H and O–H groups in total. The number of nitrogens with one attached hydrogen (secondary N) is 3. The summed E-state index contributed by atoms with van der Waals surface area (Å²) < 4.78 is 5.82. The average molecular weight is 302 g/mol. The van der Waals surface area contributed by atoms with Gasteiger partial charge in [-0.1, -0.05) is 6.07 Å². The maximum atomic E-state index is 12.0. The number of hydrogen-bond acceptors (Lipinski definition) is 4. The molecule has 0 spiro atoms. The SMILES string of the molecule is O=C(NC1CCC(Oc2ccccn2)CC1)c1c[nH]c(=O)[nH]1. The number of ether oxygens (including phenoxy) is 1. The van der Waals surface area contributed by atoms with Crippen LogP contribution in [0, 0.1) is 0 Å². The number of pyridine rings is 1. The highest BCUT2D eigenvalue weighted by Crippen LogP contribution is 2.22. The van der Waals surface area contributed by atoms with Crippen LogP contribution in [-0.4, -0.2) is 33.0 Å². The van der Waals surface area contributed by atoms with E-state index >= 15 is 0 Å². The summed E-state index contributed by atoms with van der Waals surface area (Å²) in [7, 11) is 0. The molecule has 1 amide bonds. The topological polar surface area (TPSA) is 99.9 Å². The van der Waals surface area contributed by atoms with Gasteiger partial charge in [0.1, 0.15) is 11.8 Å². The van der Waals surface area contributed by atoms with E-state index < -0.39 is 0 Å². The summed E-state index contributed by atoms with van der Waals surface area (Å²) >= 11 is 0. The fourth-order valence-corrected chi connectivity index (χ4v) is 2.63. The number of carbonyl (C=O) groups excluding carboxylic acids is 1. The first-order valence-corrected chi connectivity index (χ1v) is 7.37. The number of aromatic nitrogens is 3. The van der Waals surface area contributed by atoms with Gasteiger partial charge in [0.2, 0.25) is 5.88 Å². The number of amides is 1. The highest BCUT2D eigenvalue weighted by Gasteiger charge is 2.24. The van der Waals surface area contributed by atoms with E-state index in [0.717, 1.165) is 25.7 Å². The Morgan fingerprint density at radius 2 is 2.09 bits per heavy atom. The van der Waals surface area contributed by atoms with Crippen LogP contribution in [0.1, 0.15) is 36.2 Å². The lowest BCUT2D eigenvalue weighted by Crippen LogP contribution is -2.40. The fourth-order valence-electron chi connectivity index (χ4n) is 2.63. The van der Waals surface area contributed by atoms with Crippen molar-refractivity contribution in [3.8, 4) is 5.88 Å². The summed E-state index contributed by atoms with van der Waals surface area (Å²) in [6, 6.07) is 5.70. The Kier molecular flexibility index (Phi) is 4.22. The molecule has 7 heteroatoms. The number of H-pyrrole nitrogens is 2. The van der Waals surface area contributed by atoms with E-state index in [4.69, 9.17) is 4.74 Å². The number of rotatable bonds is 4. The molecule has 1 aliphatic rings. The molecule has 1 fully saturated rings. The lowest BCUT2D eigenvalue weighted by molar-refractivity contribution is 0.0885. The molecule has 22 heavy (non-hydrogen) atoms. The second kappa shape index (κ2) is 6.46. The van der Waals surface area contributed by atoms with Crippen LogP contribution in [0.3, 0.4) is 0 Å². The molecule has 3 rings (SSSR count). The first kappa shape index (κ1) is 14.4. The monoisotopic (exact) mass is 302 g/mol. The summed E-state index contributed by atoms with van der Waals surface area (Å²) in [5.74, 6) is 0.382. The van der Waals surface area contributed by atoms with Gasteiger partial charge in [0, 0.05) is 24.5 Å².